The van der Waals surface area contributed by atoms with Crippen molar-refractivity contribution in [2.45, 2.75) is 13.1 Å². The van der Waals surface area contributed by atoms with E-state index in [-0.39, 0.29) is 0 Å². The molecule has 0 fully saturated rings. The quantitative estimate of drug-likeness (QED) is 0.504. The highest BCUT2D eigenvalue weighted by Crippen LogP contribution is 2.21. The predicted molar refractivity (Wildman–Crippen MR) is 115 cm³/mol. The Morgan fingerprint density at radius 1 is 0.815 bits per heavy atom. The van der Waals surface area contributed by atoms with Crippen LogP contribution in [0.25, 0.3) is 11.0 Å². The smallest absolute Gasteiger partial charge is 0.210 e. The van der Waals surface area contributed by atoms with Gasteiger partial charge in [0.1, 0.15) is 0 Å². The zero-order valence-corrected chi connectivity index (χ0v) is 15.6. The summed E-state index contributed by atoms with van der Waals surface area (Å²) in [5.41, 5.74) is 4.42. The second-order valence-electron chi connectivity index (χ2n) is 6.29. The third-order valence-electron chi connectivity index (χ3n) is 4.36. The summed E-state index contributed by atoms with van der Waals surface area (Å²) in [6.45, 7) is 1.40. The number of imidazole rings is 1. The Labute approximate surface area is 163 Å². The monoisotopic (exact) mass is 372 g/mol. The minimum Gasteiger partial charge on any atom is -0.358 e. The molecule has 0 radical (unpaired) electrons. The van der Waals surface area contributed by atoms with Crippen molar-refractivity contribution >= 4 is 34.3 Å². The molecule has 1 heterocycles. The van der Waals surface area contributed by atoms with E-state index in [1.54, 1.807) is 0 Å². The topological polar surface area (TPSA) is 41.9 Å². The standard InChI is InChI=1S/C22H20N4S/c27-22(23-15-17-9-3-1-4-10-17)25-21-24-19-13-7-8-14-20(19)26(21)16-18-11-5-2-6-12-18/h1-14H,15-16H2,(H2,23,24,25,27). The average molecular weight is 372 g/mol. The summed E-state index contributed by atoms with van der Waals surface area (Å²) in [6.07, 6.45) is 0. The first-order valence-corrected chi connectivity index (χ1v) is 9.28. The number of anilines is 1. The maximum atomic E-state index is 5.49. The summed E-state index contributed by atoms with van der Waals surface area (Å²) >= 11 is 5.49. The van der Waals surface area contributed by atoms with Crippen molar-refractivity contribution in [3.8, 4) is 0 Å². The first kappa shape index (κ1) is 17.2. The molecule has 4 nitrogen and oxygen atoms in total. The second-order valence-corrected chi connectivity index (χ2v) is 6.70. The molecular weight excluding hydrogens is 352 g/mol. The summed E-state index contributed by atoms with van der Waals surface area (Å²) in [5, 5.41) is 7.07. The lowest BCUT2D eigenvalue weighted by Gasteiger charge is -2.13. The average Bonchev–Trinajstić information content (AvgIpc) is 3.05. The van der Waals surface area contributed by atoms with E-state index in [2.05, 4.69) is 45.5 Å². The van der Waals surface area contributed by atoms with Gasteiger partial charge in [0.05, 0.1) is 17.6 Å². The van der Waals surface area contributed by atoms with Crippen molar-refractivity contribution in [2.24, 2.45) is 0 Å². The van der Waals surface area contributed by atoms with Crippen LogP contribution in [0.3, 0.4) is 0 Å². The molecule has 0 unspecified atom stereocenters. The Kier molecular flexibility index (Phi) is 5.12. The highest BCUT2D eigenvalue weighted by molar-refractivity contribution is 7.80. The minimum absolute atomic E-state index is 0.559. The van der Waals surface area contributed by atoms with Crippen LogP contribution in [-0.2, 0) is 13.1 Å². The first-order valence-electron chi connectivity index (χ1n) is 8.87. The number of nitrogens with zero attached hydrogens (tertiary/aromatic N) is 2. The number of fused-ring (bicyclic) bond motifs is 1. The molecule has 0 saturated heterocycles. The van der Waals surface area contributed by atoms with Gasteiger partial charge in [-0.25, -0.2) is 4.98 Å². The zero-order chi connectivity index (χ0) is 18.5. The van der Waals surface area contributed by atoms with Crippen LogP contribution in [0.2, 0.25) is 0 Å². The number of hydrogen-bond donors (Lipinski definition) is 2. The van der Waals surface area contributed by atoms with Gasteiger partial charge >= 0.3 is 0 Å². The SMILES string of the molecule is S=C(NCc1ccccc1)Nc1nc2ccccc2n1Cc1ccccc1. The van der Waals surface area contributed by atoms with E-state index < -0.39 is 0 Å². The molecule has 0 bridgehead atoms. The molecule has 0 saturated carbocycles. The van der Waals surface area contributed by atoms with Crippen LogP contribution >= 0.6 is 12.2 Å². The maximum Gasteiger partial charge on any atom is 0.210 e. The van der Waals surface area contributed by atoms with Crippen molar-refractivity contribution in [1.82, 2.24) is 14.9 Å². The molecule has 0 aliphatic carbocycles. The third-order valence-corrected chi connectivity index (χ3v) is 4.61. The largest absolute Gasteiger partial charge is 0.358 e. The second kappa shape index (κ2) is 8.01. The Bertz CT molecular complexity index is 1040. The Balaban J connectivity index is 1.55. The fourth-order valence-corrected chi connectivity index (χ4v) is 3.18. The molecule has 0 atom stereocenters. The molecule has 4 rings (SSSR count). The maximum absolute atomic E-state index is 5.49. The van der Waals surface area contributed by atoms with Gasteiger partial charge in [-0.2, -0.15) is 0 Å². The van der Waals surface area contributed by atoms with Crippen molar-refractivity contribution in [1.29, 1.82) is 0 Å². The molecule has 134 valence electrons. The van der Waals surface area contributed by atoms with E-state index in [0.29, 0.717) is 11.7 Å². The van der Waals surface area contributed by atoms with Gasteiger partial charge in [0.15, 0.2) is 5.11 Å². The lowest BCUT2D eigenvalue weighted by molar-refractivity contribution is 0.833. The summed E-state index contributed by atoms with van der Waals surface area (Å²) in [4.78, 5) is 4.73. The molecule has 27 heavy (non-hydrogen) atoms. The van der Waals surface area contributed by atoms with Gasteiger partial charge < -0.3 is 15.2 Å². The minimum atomic E-state index is 0.559. The summed E-state index contributed by atoms with van der Waals surface area (Å²) in [7, 11) is 0. The fraction of sp³-hybridized carbons (Fsp3) is 0.0909. The third kappa shape index (κ3) is 4.15. The van der Waals surface area contributed by atoms with Crippen LogP contribution in [0.1, 0.15) is 11.1 Å². The van der Waals surface area contributed by atoms with Gasteiger partial charge in [-0.05, 0) is 35.5 Å². The summed E-state index contributed by atoms with van der Waals surface area (Å²) in [6, 6.07) is 28.7. The van der Waals surface area contributed by atoms with E-state index in [0.717, 1.165) is 23.5 Å². The number of para-hydroxylation sites is 2. The van der Waals surface area contributed by atoms with E-state index in [9.17, 15) is 0 Å². The van der Waals surface area contributed by atoms with Crippen molar-refractivity contribution in [2.75, 3.05) is 5.32 Å². The van der Waals surface area contributed by atoms with Gasteiger partial charge in [0.2, 0.25) is 5.95 Å². The molecule has 4 aromatic rings. The summed E-state index contributed by atoms with van der Waals surface area (Å²) in [5.74, 6) is 0.741. The van der Waals surface area contributed by atoms with E-state index in [4.69, 9.17) is 17.2 Å². The van der Waals surface area contributed by atoms with Crippen LogP contribution in [0.5, 0.6) is 0 Å². The highest BCUT2D eigenvalue weighted by atomic mass is 32.1. The van der Waals surface area contributed by atoms with Gasteiger partial charge in [-0.1, -0.05) is 72.8 Å². The van der Waals surface area contributed by atoms with Gasteiger partial charge in [-0.3, -0.25) is 0 Å². The lowest BCUT2D eigenvalue weighted by atomic mass is 10.2. The van der Waals surface area contributed by atoms with Crippen molar-refractivity contribution in [3.63, 3.8) is 0 Å². The number of hydrogen-bond acceptors (Lipinski definition) is 2. The molecule has 0 aliphatic rings. The van der Waals surface area contributed by atoms with E-state index >= 15 is 0 Å². The van der Waals surface area contributed by atoms with Crippen LogP contribution < -0.4 is 10.6 Å². The molecule has 0 spiro atoms. The normalized spacial score (nSPS) is 10.7. The molecular formula is C22H20N4S. The number of aromatic nitrogens is 2. The molecule has 3 aromatic carbocycles. The predicted octanol–water partition coefficient (Wildman–Crippen LogP) is 4.57. The van der Waals surface area contributed by atoms with Gasteiger partial charge in [-0.15, -0.1) is 0 Å². The van der Waals surface area contributed by atoms with E-state index in [1.165, 1.54) is 11.1 Å². The van der Waals surface area contributed by atoms with Crippen molar-refractivity contribution in [3.05, 3.63) is 96.1 Å². The van der Waals surface area contributed by atoms with Crippen LogP contribution in [0.15, 0.2) is 84.9 Å². The van der Waals surface area contributed by atoms with Crippen LogP contribution in [0.4, 0.5) is 5.95 Å². The zero-order valence-electron chi connectivity index (χ0n) is 14.8. The van der Waals surface area contributed by atoms with Gasteiger partial charge in [0.25, 0.3) is 0 Å². The molecule has 0 amide bonds. The molecule has 2 N–H and O–H groups in total. The van der Waals surface area contributed by atoms with Crippen LogP contribution in [0, 0.1) is 0 Å². The number of thiocarbonyl (C=S) groups is 1. The van der Waals surface area contributed by atoms with E-state index in [1.807, 2.05) is 54.6 Å². The molecule has 5 heteroatoms. The highest BCUT2D eigenvalue weighted by Gasteiger charge is 2.12. The number of nitrogens with one attached hydrogen (secondary N) is 2. The number of rotatable bonds is 5. The van der Waals surface area contributed by atoms with Crippen molar-refractivity contribution < 1.29 is 0 Å². The van der Waals surface area contributed by atoms with Crippen LogP contribution in [-0.4, -0.2) is 14.7 Å². The Morgan fingerprint density at radius 3 is 2.19 bits per heavy atom. The first-order chi connectivity index (χ1) is 13.3. The Hall–Kier alpha value is -3.18. The summed E-state index contributed by atoms with van der Waals surface area (Å²) < 4.78 is 2.15. The molecule has 0 aliphatic heterocycles. The Morgan fingerprint density at radius 2 is 1.44 bits per heavy atom. The van der Waals surface area contributed by atoms with Gasteiger partial charge in [0, 0.05) is 6.54 Å². The number of benzene rings is 3. The molecule has 1 aromatic heterocycles. The fourth-order valence-electron chi connectivity index (χ4n) is 3.02. The lowest BCUT2D eigenvalue weighted by Crippen LogP contribution is -2.29.